The molecule has 0 aromatic heterocycles. The van der Waals surface area contributed by atoms with Gasteiger partial charge in [-0.1, -0.05) is 152 Å². The van der Waals surface area contributed by atoms with E-state index in [4.69, 9.17) is 0 Å². The second kappa shape index (κ2) is 12.0. The smallest absolute Gasteiger partial charge is 0.00106 e. The molecule has 0 amide bonds. The van der Waals surface area contributed by atoms with Crippen molar-refractivity contribution in [2.75, 3.05) is 0 Å². The molecule has 0 saturated heterocycles. The van der Waals surface area contributed by atoms with Crippen molar-refractivity contribution in [3.63, 3.8) is 0 Å². The van der Waals surface area contributed by atoms with E-state index in [1.54, 1.807) is 11.1 Å². The minimum Gasteiger partial charge on any atom is -0.0911 e. The normalized spacial score (nSPS) is 13.4. The van der Waals surface area contributed by atoms with E-state index in [-0.39, 0.29) is 29.1 Å². The Morgan fingerprint density at radius 2 is 0.850 bits per heavy atom. The highest BCUT2D eigenvalue weighted by molar-refractivity contribution is 7.72. The summed E-state index contributed by atoms with van der Waals surface area (Å²) >= 11 is 0. The van der Waals surface area contributed by atoms with Crippen LogP contribution in [0.4, 0.5) is 0 Å². The molecule has 218 valence electrons. The summed E-state index contributed by atoms with van der Waals surface area (Å²) in [6.07, 6.45) is 2.27. The minimum atomic E-state index is -0.545. The van der Waals surface area contributed by atoms with Gasteiger partial charge in [-0.3, -0.25) is 0 Å². The van der Waals surface area contributed by atoms with Gasteiger partial charge in [-0.05, 0) is 93.1 Å². The van der Waals surface area contributed by atoms with Crippen LogP contribution in [0.2, 0.25) is 0 Å². The fourth-order valence-electron chi connectivity index (χ4n) is 6.08. The molecule has 0 saturated carbocycles. The van der Waals surface area contributed by atoms with Crippen molar-refractivity contribution < 1.29 is 0 Å². The molecule has 3 aromatic rings. The van der Waals surface area contributed by atoms with Gasteiger partial charge in [0, 0.05) is 6.16 Å². The van der Waals surface area contributed by atoms with Crippen molar-refractivity contribution in [3.05, 3.63) is 94.0 Å². The predicted molar refractivity (Wildman–Crippen MR) is 186 cm³/mol. The van der Waals surface area contributed by atoms with Crippen LogP contribution in [0, 0.1) is 13.8 Å². The fourth-order valence-corrected chi connectivity index (χ4v) is 12.4. The van der Waals surface area contributed by atoms with E-state index in [1.807, 2.05) is 0 Å². The van der Waals surface area contributed by atoms with Crippen molar-refractivity contribution >= 4 is 26.5 Å². The Morgan fingerprint density at radius 3 is 1.18 bits per heavy atom. The summed E-state index contributed by atoms with van der Waals surface area (Å²) in [5.41, 5.74) is 9.19. The average Bonchev–Trinajstić information content (AvgIpc) is 2.79. The van der Waals surface area contributed by atoms with E-state index >= 15 is 0 Å². The number of benzene rings is 3. The van der Waals surface area contributed by atoms with Gasteiger partial charge in [0.25, 0.3) is 0 Å². The lowest BCUT2D eigenvalue weighted by Gasteiger charge is -2.42. The van der Waals surface area contributed by atoms with Crippen molar-refractivity contribution in [2.24, 2.45) is 0 Å². The topological polar surface area (TPSA) is 0 Å². The second-order valence-electron chi connectivity index (χ2n) is 15.8. The van der Waals surface area contributed by atoms with Crippen LogP contribution in [0.5, 0.6) is 0 Å². The van der Waals surface area contributed by atoms with Gasteiger partial charge in [0.05, 0.1) is 0 Å². The molecule has 0 atom stereocenters. The molecule has 40 heavy (non-hydrogen) atoms. The molecule has 3 rings (SSSR count). The van der Waals surface area contributed by atoms with Crippen LogP contribution >= 0.6 is 15.8 Å². The molecule has 0 nitrogen and oxygen atoms in total. The first-order valence-corrected chi connectivity index (χ1v) is 18.1. The van der Waals surface area contributed by atoms with E-state index in [2.05, 4.69) is 158 Å². The Balaban J connectivity index is 2.34. The third kappa shape index (κ3) is 7.87. The Bertz CT molecular complexity index is 1240. The molecular formula is C38H56P2. The van der Waals surface area contributed by atoms with Crippen LogP contribution in [-0.4, -0.2) is 10.3 Å². The third-order valence-electron chi connectivity index (χ3n) is 8.04. The maximum absolute atomic E-state index is 2.64. The van der Waals surface area contributed by atoms with Gasteiger partial charge in [-0.15, -0.1) is 0 Å². The molecule has 0 aliphatic rings. The van der Waals surface area contributed by atoms with Gasteiger partial charge in [-0.25, -0.2) is 0 Å². The Kier molecular flexibility index (Phi) is 9.93. The zero-order chi connectivity index (χ0) is 30.3. The van der Waals surface area contributed by atoms with Crippen molar-refractivity contribution in [1.82, 2.24) is 0 Å². The molecule has 0 spiro atoms. The maximum atomic E-state index is 2.64. The standard InChI is InChI=1S/C38H56P2/c1-27-19-15-17-21-33(27)39(34-22-18-16-20-28(34)2)25-29-23-31(35(3,4)5)32(36(6,7)8)24-30(29)26-40(37(9,10)11)38(12,13)14/h15-24H,25-26H2,1-14H3. The molecule has 2 heteroatoms. The van der Waals surface area contributed by atoms with Gasteiger partial charge < -0.3 is 0 Å². The lowest BCUT2D eigenvalue weighted by molar-refractivity contribution is 0.529. The van der Waals surface area contributed by atoms with Crippen LogP contribution in [-0.2, 0) is 23.2 Å². The van der Waals surface area contributed by atoms with Gasteiger partial charge in [0.2, 0.25) is 0 Å². The zero-order valence-electron chi connectivity index (χ0n) is 28.1. The highest BCUT2D eigenvalue weighted by Gasteiger charge is 2.36. The Hall–Kier alpha value is -1.48. The second-order valence-corrected chi connectivity index (χ2v) is 21.7. The summed E-state index contributed by atoms with van der Waals surface area (Å²) in [5, 5.41) is 3.60. The van der Waals surface area contributed by atoms with E-state index < -0.39 is 7.92 Å². The van der Waals surface area contributed by atoms with E-state index in [0.29, 0.717) is 0 Å². The molecule has 0 heterocycles. The summed E-state index contributed by atoms with van der Waals surface area (Å²) < 4.78 is 0. The quantitative estimate of drug-likeness (QED) is 0.257. The number of hydrogen-bond donors (Lipinski definition) is 0. The fraction of sp³-hybridized carbons (Fsp3) is 0.526. The van der Waals surface area contributed by atoms with E-state index in [0.717, 1.165) is 6.16 Å². The molecule has 0 radical (unpaired) electrons. The van der Waals surface area contributed by atoms with Crippen LogP contribution in [0.15, 0.2) is 60.7 Å². The molecule has 0 aliphatic heterocycles. The Morgan fingerprint density at radius 1 is 0.500 bits per heavy atom. The first kappa shape index (κ1) is 33.0. The van der Waals surface area contributed by atoms with Gasteiger partial charge in [0.1, 0.15) is 0 Å². The molecule has 0 aliphatic carbocycles. The number of hydrogen-bond acceptors (Lipinski definition) is 0. The average molecular weight is 575 g/mol. The van der Waals surface area contributed by atoms with Crippen LogP contribution < -0.4 is 10.6 Å². The predicted octanol–water partition coefficient (Wildman–Crippen LogP) is 11.1. The summed E-state index contributed by atoms with van der Waals surface area (Å²) in [7, 11) is -0.805. The van der Waals surface area contributed by atoms with Gasteiger partial charge in [-0.2, -0.15) is 0 Å². The zero-order valence-corrected chi connectivity index (χ0v) is 29.9. The van der Waals surface area contributed by atoms with Crippen molar-refractivity contribution in [3.8, 4) is 0 Å². The first-order chi connectivity index (χ1) is 18.2. The summed E-state index contributed by atoms with van der Waals surface area (Å²) in [6, 6.07) is 23.5. The molecule has 0 bridgehead atoms. The summed E-state index contributed by atoms with van der Waals surface area (Å²) in [4.78, 5) is 0. The number of rotatable bonds is 6. The lowest BCUT2D eigenvalue weighted by Crippen LogP contribution is -2.27. The van der Waals surface area contributed by atoms with Crippen LogP contribution in [0.1, 0.15) is 116 Å². The third-order valence-corrected chi connectivity index (χ3v) is 14.8. The van der Waals surface area contributed by atoms with E-state index in [1.165, 1.54) is 39.0 Å². The number of aryl methyl sites for hydroxylation is 2. The largest absolute Gasteiger partial charge is 0.0911 e. The molecule has 0 N–H and O–H groups in total. The summed E-state index contributed by atoms with van der Waals surface area (Å²) in [6.45, 7) is 33.7. The highest BCUT2D eigenvalue weighted by atomic mass is 31.1. The van der Waals surface area contributed by atoms with Crippen molar-refractivity contribution in [2.45, 2.75) is 130 Å². The monoisotopic (exact) mass is 574 g/mol. The van der Waals surface area contributed by atoms with Crippen LogP contribution in [0.3, 0.4) is 0 Å². The molecule has 0 fully saturated rings. The SMILES string of the molecule is Cc1ccccc1P(Cc1cc(C(C)(C)C)c(C(C)(C)C)cc1CP(C(C)(C)C)C(C)(C)C)c1ccccc1C. The molecular weight excluding hydrogens is 518 g/mol. The van der Waals surface area contributed by atoms with Gasteiger partial charge >= 0.3 is 0 Å². The molecule has 3 aromatic carbocycles. The Labute approximate surface area is 250 Å². The first-order valence-electron chi connectivity index (χ1n) is 15.0. The lowest BCUT2D eigenvalue weighted by atomic mass is 9.74. The van der Waals surface area contributed by atoms with E-state index in [9.17, 15) is 0 Å². The van der Waals surface area contributed by atoms with Crippen LogP contribution in [0.25, 0.3) is 0 Å². The highest BCUT2D eigenvalue weighted by Crippen LogP contribution is 2.62. The minimum absolute atomic E-state index is 0.0861. The maximum Gasteiger partial charge on any atom is 0.00106 e. The molecule has 0 unspecified atom stereocenters. The van der Waals surface area contributed by atoms with Crippen molar-refractivity contribution in [1.29, 1.82) is 0 Å². The summed E-state index contributed by atoms with van der Waals surface area (Å²) in [5.74, 6) is 0. The van der Waals surface area contributed by atoms with Gasteiger partial charge in [0.15, 0.2) is 0 Å².